The number of alkyl halides is 1. The number of carbonyl (C=O) groups excluding carboxylic acids is 1. The van der Waals surface area contributed by atoms with E-state index in [9.17, 15) is 23.9 Å². The predicted molar refractivity (Wildman–Crippen MR) is 95.5 cm³/mol. The number of nitrogens with zero attached hydrogens (tertiary/aromatic N) is 1. The Kier molecular flexibility index (Phi) is 21.3. The number of nitroso groups, excluding NO2 is 1. The molecule has 7 N–H and O–H groups in total. The quantitative estimate of drug-likeness (QED) is 0.0474. The first-order valence-electron chi connectivity index (χ1n) is 5.74. The van der Waals surface area contributed by atoms with Crippen LogP contribution in [0.3, 0.4) is 0 Å². The number of nitrogens with one attached hydrogen (secondary N) is 2. The molecule has 25 heavy (non-hydrogen) atoms. The molecule has 0 aliphatic rings. The molecule has 12 nitrogen and oxygen atoms in total. The first-order valence-corrected chi connectivity index (χ1v) is 9.50. The summed E-state index contributed by atoms with van der Waals surface area (Å²) in [6, 6.07) is -0.948. The van der Waals surface area contributed by atoms with Gasteiger partial charge in [-0.15, -0.1) is 11.6 Å². The van der Waals surface area contributed by atoms with Gasteiger partial charge >= 0.3 is 110 Å². The van der Waals surface area contributed by atoms with Crippen LogP contribution < -0.4 is 10.7 Å². The molecule has 0 saturated carbocycles. The van der Waals surface area contributed by atoms with E-state index in [1.807, 2.05) is 5.43 Å². The number of hydrogen-bond acceptors (Lipinski definition) is 5. The molecule has 0 aromatic carbocycles. The van der Waals surface area contributed by atoms with Gasteiger partial charge in [-0.25, -0.2) is 4.79 Å². The van der Waals surface area contributed by atoms with Gasteiger partial charge in [0.2, 0.25) is 6.54 Å². The first-order chi connectivity index (χ1) is 9.85. The number of halogens is 1. The Balaban J connectivity index is -0.000000735. The minimum atomic E-state index is -5.51. The molecule has 0 aromatic rings. The number of urea groups is 1. The van der Waals surface area contributed by atoms with E-state index in [4.69, 9.17) is 31.2 Å². The minimum absolute atomic E-state index is 0. The summed E-state index contributed by atoms with van der Waals surface area (Å²) in [7, 11) is -11.0. The van der Waals surface area contributed by atoms with E-state index in [1.54, 1.807) is 0 Å². The number of rotatable bonds is 9. The normalized spacial score (nSPS) is 11.3. The van der Waals surface area contributed by atoms with Crippen LogP contribution in [0, 0.1) is 4.91 Å². The second kappa shape index (κ2) is 15.3. The number of hydrazine groups is 1. The van der Waals surface area contributed by atoms with Crippen LogP contribution in [-0.2, 0) is 9.13 Å². The third-order valence-electron chi connectivity index (χ3n) is 2.42. The summed E-state index contributed by atoms with van der Waals surface area (Å²) in [5.74, 6) is -0.0264. The van der Waals surface area contributed by atoms with E-state index in [-0.39, 0.29) is 119 Å². The maximum atomic E-state index is 11.2. The Morgan fingerprint density at radius 1 is 1.08 bits per heavy atom. The van der Waals surface area contributed by atoms with Gasteiger partial charge in [-0.1, -0.05) is 5.43 Å². The fraction of sp³-hybridized carbons (Fsp3) is 0.857. The van der Waals surface area contributed by atoms with Crippen molar-refractivity contribution < 1.29 is 43.5 Å². The van der Waals surface area contributed by atoms with Gasteiger partial charge in [0.1, 0.15) is 4.87 Å². The van der Waals surface area contributed by atoms with Crippen LogP contribution in [0.1, 0.15) is 12.8 Å². The van der Waals surface area contributed by atoms with Crippen LogP contribution in [0.15, 0.2) is 0 Å². The summed E-state index contributed by atoms with van der Waals surface area (Å²) in [5.41, 5.74) is 1.81. The van der Waals surface area contributed by atoms with E-state index < -0.39 is 32.7 Å². The van der Waals surface area contributed by atoms with Crippen LogP contribution in [0.2, 0.25) is 0 Å². The molecule has 0 saturated heterocycles. The van der Waals surface area contributed by atoms with E-state index >= 15 is 0 Å². The van der Waals surface area contributed by atoms with E-state index in [2.05, 4.69) is 5.32 Å². The zero-order chi connectivity index (χ0) is 17.6. The molecule has 0 fully saturated rings. The third kappa shape index (κ3) is 12.6. The van der Waals surface area contributed by atoms with Gasteiger partial charge in [0.25, 0.3) is 5.08 Å². The molecule has 0 radical (unpaired) electrons. The van der Waals surface area contributed by atoms with Crippen molar-refractivity contribution in [3.05, 3.63) is 4.91 Å². The van der Waals surface area contributed by atoms with Crippen LogP contribution in [0.5, 0.6) is 0 Å². The zero-order valence-corrected chi connectivity index (χ0v) is 13.7. The van der Waals surface area contributed by atoms with Crippen molar-refractivity contribution in [1.82, 2.24) is 10.7 Å². The van der Waals surface area contributed by atoms with Crippen molar-refractivity contribution in [2.45, 2.75) is 17.9 Å². The molecule has 0 bridgehead atoms. The van der Waals surface area contributed by atoms with Crippen molar-refractivity contribution in [2.75, 3.05) is 19.0 Å². The monoisotopic (exact) mass is 456 g/mol. The standard InChI is InChI=1S/C7H16ClN3O9P2.3Na.3H/c8-3-5-11(14)10-6(12)9-4-1-2-7(13,21(15,16)17)22(18,19)20;;;;;;/h13H,1-5H2,(H5-,9,10,12,14,15,16,17,18,19,20);;;;;;/p+1. The van der Waals surface area contributed by atoms with Crippen LogP contribution in [0.25, 0.3) is 0 Å². The van der Waals surface area contributed by atoms with Gasteiger partial charge in [0.15, 0.2) is 0 Å². The second-order valence-corrected chi connectivity index (χ2v) is 8.51. The number of hydrogen-bond donors (Lipinski definition) is 7. The van der Waals surface area contributed by atoms with Crippen LogP contribution in [-0.4, -0.2) is 148 Å². The summed E-state index contributed by atoms with van der Waals surface area (Å²) < 4.78 is 22.1. The number of carbonyl (C=O) groups is 1. The molecule has 0 aliphatic carbocycles. The average molecular weight is 457 g/mol. The van der Waals surface area contributed by atoms with Crippen molar-refractivity contribution in [1.29, 1.82) is 0 Å². The zero-order valence-electron chi connectivity index (χ0n) is 11.1. The molecule has 0 aliphatic heterocycles. The summed E-state index contributed by atoms with van der Waals surface area (Å²) in [6.07, 6.45) is -1.33. The Hall–Kier alpha value is 2.42. The van der Waals surface area contributed by atoms with Gasteiger partial charge in [-0.2, -0.15) is 0 Å². The second-order valence-electron chi connectivity index (χ2n) is 4.12. The summed E-state index contributed by atoms with van der Waals surface area (Å²) in [4.78, 5) is 57.7. The maximum absolute atomic E-state index is 11.2. The number of aliphatic hydroxyl groups is 1. The van der Waals surface area contributed by atoms with Gasteiger partial charge in [0, 0.05) is 13.0 Å². The van der Waals surface area contributed by atoms with E-state index in [0.717, 1.165) is 0 Å². The first kappa shape index (κ1) is 34.9. The molecule has 0 heterocycles. The number of amides is 2. The third-order valence-corrected chi connectivity index (χ3v) is 6.47. The SMILES string of the molecule is O=C(NCCCC(O)(P(=O)(O)O)P(=O)(O)O)N[N+](=O)CCCl.[NaH].[NaH].[NaH]. The van der Waals surface area contributed by atoms with Crippen molar-refractivity contribution in [3.8, 4) is 0 Å². The molecule has 0 aromatic heterocycles. The van der Waals surface area contributed by atoms with Gasteiger partial charge in [-0.05, 0) is 6.42 Å². The topological polar surface area (TPSA) is 196 Å². The van der Waals surface area contributed by atoms with Crippen molar-refractivity contribution in [3.63, 3.8) is 0 Å². The average Bonchev–Trinajstić information content (AvgIpc) is 2.31. The summed E-state index contributed by atoms with van der Waals surface area (Å²) in [5, 5.41) is 8.11. The molecular weight excluding hydrogens is 436 g/mol. The Morgan fingerprint density at radius 3 is 1.88 bits per heavy atom. The Morgan fingerprint density at radius 2 is 1.52 bits per heavy atom. The fourth-order valence-corrected chi connectivity index (χ4v) is 3.68. The van der Waals surface area contributed by atoms with Gasteiger partial charge in [0.05, 0.1) is 10.8 Å². The van der Waals surface area contributed by atoms with Gasteiger partial charge < -0.3 is 30.0 Å². The molecular formula is C7H20ClN3Na3O9P2+. The molecule has 136 valence electrons. The molecule has 0 atom stereocenters. The fourth-order valence-electron chi connectivity index (χ4n) is 1.27. The molecule has 18 heteroatoms. The van der Waals surface area contributed by atoms with Crippen LogP contribution in [0.4, 0.5) is 4.79 Å². The van der Waals surface area contributed by atoms with Crippen LogP contribution >= 0.6 is 26.8 Å². The molecule has 2 amide bonds. The Bertz CT molecular complexity index is 495. The Labute approximate surface area is 215 Å². The summed E-state index contributed by atoms with van der Waals surface area (Å²) >= 11 is 5.25. The predicted octanol–water partition coefficient (Wildman–Crippen LogP) is -2.95. The molecule has 0 spiro atoms. The molecule has 0 unspecified atom stereocenters. The van der Waals surface area contributed by atoms with E-state index in [1.165, 1.54) is 0 Å². The van der Waals surface area contributed by atoms with Gasteiger partial charge in [-0.3, -0.25) is 9.13 Å². The summed E-state index contributed by atoms with van der Waals surface area (Å²) in [6.45, 7) is -0.478. The van der Waals surface area contributed by atoms with Crippen molar-refractivity contribution >= 4 is 121 Å². The van der Waals surface area contributed by atoms with E-state index in [0.29, 0.717) is 0 Å². The van der Waals surface area contributed by atoms with Crippen molar-refractivity contribution in [2.24, 2.45) is 0 Å². The molecule has 0 rings (SSSR count).